The van der Waals surface area contributed by atoms with E-state index in [2.05, 4.69) is 11.8 Å². The summed E-state index contributed by atoms with van der Waals surface area (Å²) in [5.74, 6) is -0.131. The van der Waals surface area contributed by atoms with E-state index >= 15 is 0 Å². The number of nitrogens with zero attached hydrogens (tertiary/aromatic N) is 1. The van der Waals surface area contributed by atoms with Crippen LogP contribution >= 0.6 is 0 Å². The van der Waals surface area contributed by atoms with E-state index in [4.69, 9.17) is 9.47 Å². The maximum Gasteiger partial charge on any atom is 0.306 e. The van der Waals surface area contributed by atoms with Crippen LogP contribution in [-0.4, -0.2) is 51.3 Å². The number of rotatable bonds is 15. The largest absolute Gasteiger partial charge is 0.469 e. The summed E-state index contributed by atoms with van der Waals surface area (Å²) in [6.07, 6.45) is 11.1. The second-order valence-corrected chi connectivity index (χ2v) is 5.64. The second kappa shape index (κ2) is 15.8. The van der Waals surface area contributed by atoms with E-state index < -0.39 is 0 Å². The van der Waals surface area contributed by atoms with Crippen molar-refractivity contribution in [1.82, 2.24) is 4.90 Å². The molecule has 0 aliphatic carbocycles. The Labute approximate surface area is 131 Å². The van der Waals surface area contributed by atoms with E-state index in [0.29, 0.717) is 6.42 Å². The van der Waals surface area contributed by atoms with Crippen LogP contribution in [0.2, 0.25) is 0 Å². The number of carbonyl (C=O) groups is 1. The number of ether oxygens (including phenoxy) is 2. The lowest BCUT2D eigenvalue weighted by Gasteiger charge is -2.21. The fraction of sp³-hybridized carbons (Fsp3) is 0.941. The van der Waals surface area contributed by atoms with Gasteiger partial charge in [0.2, 0.25) is 0 Å². The molecule has 21 heavy (non-hydrogen) atoms. The SMILES string of the molecule is CCCCCCCCCCN(CCOC)CCC(=O)OC. The summed E-state index contributed by atoms with van der Waals surface area (Å²) in [4.78, 5) is 13.5. The molecule has 0 saturated carbocycles. The van der Waals surface area contributed by atoms with E-state index in [1.54, 1.807) is 7.11 Å². The van der Waals surface area contributed by atoms with Crippen LogP contribution in [0.15, 0.2) is 0 Å². The lowest BCUT2D eigenvalue weighted by atomic mass is 10.1. The van der Waals surface area contributed by atoms with Crippen LogP contribution in [0, 0.1) is 0 Å². The molecule has 0 aromatic rings. The monoisotopic (exact) mass is 301 g/mol. The predicted octanol–water partition coefficient (Wildman–Crippen LogP) is 3.64. The van der Waals surface area contributed by atoms with Gasteiger partial charge in [0.05, 0.1) is 20.1 Å². The molecule has 0 heterocycles. The number of esters is 1. The summed E-state index contributed by atoms with van der Waals surface area (Å²) in [5, 5.41) is 0. The molecule has 0 aromatic heterocycles. The summed E-state index contributed by atoms with van der Waals surface area (Å²) in [5.41, 5.74) is 0. The van der Waals surface area contributed by atoms with Crippen molar-refractivity contribution >= 4 is 5.97 Å². The Morgan fingerprint density at radius 2 is 1.48 bits per heavy atom. The minimum atomic E-state index is -0.131. The van der Waals surface area contributed by atoms with Crippen molar-refractivity contribution in [1.29, 1.82) is 0 Å². The topological polar surface area (TPSA) is 38.8 Å². The molecule has 0 aliphatic rings. The fourth-order valence-corrected chi connectivity index (χ4v) is 2.38. The predicted molar refractivity (Wildman–Crippen MR) is 87.6 cm³/mol. The molecular weight excluding hydrogens is 266 g/mol. The molecule has 0 aliphatic heterocycles. The zero-order valence-electron chi connectivity index (χ0n) is 14.4. The van der Waals surface area contributed by atoms with E-state index in [1.165, 1.54) is 58.5 Å². The minimum absolute atomic E-state index is 0.131. The molecule has 4 heteroatoms. The van der Waals surface area contributed by atoms with Crippen molar-refractivity contribution in [2.24, 2.45) is 0 Å². The van der Waals surface area contributed by atoms with Crippen molar-refractivity contribution < 1.29 is 14.3 Å². The smallest absolute Gasteiger partial charge is 0.306 e. The molecule has 126 valence electrons. The number of hydrogen-bond acceptors (Lipinski definition) is 4. The third-order valence-corrected chi connectivity index (χ3v) is 3.80. The van der Waals surface area contributed by atoms with Crippen LogP contribution in [-0.2, 0) is 14.3 Å². The van der Waals surface area contributed by atoms with Crippen molar-refractivity contribution in [3.05, 3.63) is 0 Å². The Morgan fingerprint density at radius 1 is 0.857 bits per heavy atom. The van der Waals surface area contributed by atoms with Gasteiger partial charge in [0.25, 0.3) is 0 Å². The third-order valence-electron chi connectivity index (χ3n) is 3.80. The first-order valence-corrected chi connectivity index (χ1v) is 8.52. The van der Waals surface area contributed by atoms with Crippen molar-refractivity contribution in [3.8, 4) is 0 Å². The quantitative estimate of drug-likeness (QED) is 0.342. The highest BCUT2D eigenvalue weighted by atomic mass is 16.5. The molecule has 0 fully saturated rings. The zero-order valence-corrected chi connectivity index (χ0v) is 14.4. The molecular formula is C17H35NO3. The first kappa shape index (κ1) is 20.4. The van der Waals surface area contributed by atoms with Gasteiger partial charge >= 0.3 is 5.97 Å². The van der Waals surface area contributed by atoms with Gasteiger partial charge in [-0.05, 0) is 13.0 Å². The first-order valence-electron chi connectivity index (χ1n) is 8.52. The van der Waals surface area contributed by atoms with Gasteiger partial charge in [-0.3, -0.25) is 4.79 Å². The summed E-state index contributed by atoms with van der Waals surface area (Å²) in [6.45, 7) is 5.69. The molecule has 0 unspecified atom stereocenters. The lowest BCUT2D eigenvalue weighted by molar-refractivity contribution is -0.141. The Hall–Kier alpha value is -0.610. The summed E-state index contributed by atoms with van der Waals surface area (Å²) >= 11 is 0. The van der Waals surface area contributed by atoms with Crippen molar-refractivity contribution in [3.63, 3.8) is 0 Å². The van der Waals surface area contributed by atoms with Crippen LogP contribution in [0.25, 0.3) is 0 Å². The number of methoxy groups -OCH3 is 2. The lowest BCUT2D eigenvalue weighted by Crippen LogP contribution is -2.31. The molecule has 0 aromatic carbocycles. The van der Waals surface area contributed by atoms with Crippen LogP contribution < -0.4 is 0 Å². The molecule has 0 bridgehead atoms. The Balaban J connectivity index is 3.62. The van der Waals surface area contributed by atoms with Crippen LogP contribution in [0.1, 0.15) is 64.7 Å². The van der Waals surface area contributed by atoms with E-state index in [9.17, 15) is 4.79 Å². The van der Waals surface area contributed by atoms with Gasteiger partial charge in [0, 0.05) is 20.2 Å². The normalized spacial score (nSPS) is 11.0. The maximum absolute atomic E-state index is 11.2. The third kappa shape index (κ3) is 14.1. The number of unbranched alkanes of at least 4 members (excludes halogenated alkanes) is 7. The number of hydrogen-bond donors (Lipinski definition) is 0. The average molecular weight is 301 g/mol. The molecule has 0 N–H and O–H groups in total. The Bertz CT molecular complexity index is 234. The van der Waals surface area contributed by atoms with E-state index in [-0.39, 0.29) is 5.97 Å². The van der Waals surface area contributed by atoms with Crippen molar-refractivity contribution in [2.45, 2.75) is 64.7 Å². The summed E-state index contributed by atoms with van der Waals surface area (Å²) < 4.78 is 9.83. The van der Waals surface area contributed by atoms with Gasteiger partial charge in [-0.2, -0.15) is 0 Å². The van der Waals surface area contributed by atoms with Gasteiger partial charge in [-0.25, -0.2) is 0 Å². The van der Waals surface area contributed by atoms with Crippen LogP contribution in [0.3, 0.4) is 0 Å². The van der Waals surface area contributed by atoms with E-state index in [1.807, 2.05) is 0 Å². The number of carbonyl (C=O) groups excluding carboxylic acids is 1. The van der Waals surface area contributed by atoms with Crippen LogP contribution in [0.4, 0.5) is 0 Å². The highest BCUT2D eigenvalue weighted by Gasteiger charge is 2.08. The molecule has 4 nitrogen and oxygen atoms in total. The first-order chi connectivity index (χ1) is 10.2. The van der Waals surface area contributed by atoms with Gasteiger partial charge in [0.1, 0.15) is 0 Å². The molecule has 0 rings (SSSR count). The van der Waals surface area contributed by atoms with Crippen LogP contribution in [0.5, 0.6) is 0 Å². The molecule has 0 amide bonds. The van der Waals surface area contributed by atoms with Gasteiger partial charge in [-0.1, -0.05) is 51.9 Å². The standard InChI is InChI=1S/C17H35NO3/c1-4-5-6-7-8-9-10-11-13-18(15-16-20-2)14-12-17(19)21-3/h4-16H2,1-3H3. The summed E-state index contributed by atoms with van der Waals surface area (Å²) in [7, 11) is 3.16. The van der Waals surface area contributed by atoms with Gasteiger partial charge in [-0.15, -0.1) is 0 Å². The van der Waals surface area contributed by atoms with Crippen molar-refractivity contribution in [2.75, 3.05) is 40.5 Å². The summed E-state index contributed by atoms with van der Waals surface area (Å²) in [6, 6.07) is 0. The Kier molecular flexibility index (Phi) is 15.3. The fourth-order valence-electron chi connectivity index (χ4n) is 2.38. The van der Waals surface area contributed by atoms with Gasteiger partial charge in [0.15, 0.2) is 0 Å². The molecule has 0 saturated heterocycles. The zero-order chi connectivity index (χ0) is 15.8. The van der Waals surface area contributed by atoms with Gasteiger partial charge < -0.3 is 14.4 Å². The van der Waals surface area contributed by atoms with E-state index in [0.717, 1.165) is 26.2 Å². The molecule has 0 radical (unpaired) electrons. The average Bonchev–Trinajstić information content (AvgIpc) is 2.51. The minimum Gasteiger partial charge on any atom is -0.469 e. The Morgan fingerprint density at radius 3 is 2.05 bits per heavy atom. The molecule has 0 spiro atoms. The highest BCUT2D eigenvalue weighted by molar-refractivity contribution is 5.69. The molecule has 0 atom stereocenters. The highest BCUT2D eigenvalue weighted by Crippen LogP contribution is 2.09. The maximum atomic E-state index is 11.2. The second-order valence-electron chi connectivity index (χ2n) is 5.64.